The maximum Gasteiger partial charge on any atom is 0.337 e. The monoisotopic (exact) mass is 418 g/mol. The zero-order valence-electron chi connectivity index (χ0n) is 17.0. The fraction of sp³-hybridized carbons (Fsp3) is 0.120. The number of methoxy groups -OCH3 is 1. The lowest BCUT2D eigenvalue weighted by Gasteiger charge is -2.11. The highest BCUT2D eigenvalue weighted by Gasteiger charge is 2.30. The SMILES string of the molecule is COC(=O)c1ccc(/C=C2\Oc3c(ccc(OCc4ccc(F)cc4)c3C)C2=O)cc1. The molecule has 1 heterocycles. The van der Waals surface area contributed by atoms with Crippen LogP contribution in [0.5, 0.6) is 11.5 Å². The fourth-order valence-corrected chi connectivity index (χ4v) is 3.25. The summed E-state index contributed by atoms with van der Waals surface area (Å²) in [5.74, 6) is 0.283. The molecule has 0 amide bonds. The molecule has 0 atom stereocenters. The van der Waals surface area contributed by atoms with Gasteiger partial charge in [-0.3, -0.25) is 4.79 Å². The number of esters is 1. The molecule has 0 bridgehead atoms. The van der Waals surface area contributed by atoms with E-state index in [1.807, 2.05) is 6.92 Å². The van der Waals surface area contributed by atoms with Gasteiger partial charge in [-0.05, 0) is 60.5 Å². The van der Waals surface area contributed by atoms with Crippen molar-refractivity contribution in [2.75, 3.05) is 7.11 Å². The molecule has 156 valence electrons. The second-order valence-electron chi connectivity index (χ2n) is 7.03. The highest BCUT2D eigenvalue weighted by molar-refractivity contribution is 6.15. The largest absolute Gasteiger partial charge is 0.488 e. The van der Waals surface area contributed by atoms with E-state index in [4.69, 9.17) is 9.47 Å². The van der Waals surface area contributed by atoms with E-state index >= 15 is 0 Å². The van der Waals surface area contributed by atoms with Gasteiger partial charge in [-0.15, -0.1) is 0 Å². The third kappa shape index (κ3) is 4.19. The number of fused-ring (bicyclic) bond motifs is 1. The molecule has 0 aromatic heterocycles. The normalized spacial score (nSPS) is 13.6. The summed E-state index contributed by atoms with van der Waals surface area (Å²) in [4.78, 5) is 24.3. The van der Waals surface area contributed by atoms with Gasteiger partial charge in [0.25, 0.3) is 0 Å². The number of Topliss-reactive ketones (excluding diaryl/α,β-unsaturated/α-hetero) is 1. The number of carbonyl (C=O) groups excluding carboxylic acids is 2. The van der Waals surface area contributed by atoms with Gasteiger partial charge in [-0.1, -0.05) is 24.3 Å². The molecule has 3 aromatic carbocycles. The van der Waals surface area contributed by atoms with Crippen LogP contribution in [0.25, 0.3) is 6.08 Å². The second kappa shape index (κ2) is 8.44. The molecule has 1 aliphatic heterocycles. The summed E-state index contributed by atoms with van der Waals surface area (Å²) in [6.45, 7) is 2.09. The number of ether oxygens (including phenoxy) is 3. The minimum Gasteiger partial charge on any atom is -0.488 e. The molecule has 0 N–H and O–H groups in total. The predicted molar refractivity (Wildman–Crippen MR) is 113 cm³/mol. The van der Waals surface area contributed by atoms with Crippen LogP contribution in [-0.2, 0) is 11.3 Å². The Balaban J connectivity index is 1.53. The van der Waals surface area contributed by atoms with E-state index in [0.717, 1.165) is 5.56 Å². The summed E-state index contributed by atoms with van der Waals surface area (Å²) in [5.41, 5.74) is 3.13. The van der Waals surface area contributed by atoms with Crippen LogP contribution in [0, 0.1) is 12.7 Å². The van der Waals surface area contributed by atoms with Crippen molar-refractivity contribution in [1.82, 2.24) is 0 Å². The van der Waals surface area contributed by atoms with Crippen LogP contribution < -0.4 is 9.47 Å². The Morgan fingerprint density at radius 1 is 1.03 bits per heavy atom. The van der Waals surface area contributed by atoms with Crippen molar-refractivity contribution in [3.8, 4) is 11.5 Å². The van der Waals surface area contributed by atoms with Gasteiger partial charge < -0.3 is 14.2 Å². The van der Waals surface area contributed by atoms with Crippen LogP contribution >= 0.6 is 0 Å². The van der Waals surface area contributed by atoms with E-state index in [1.165, 1.54) is 19.2 Å². The minimum atomic E-state index is -0.427. The number of carbonyl (C=O) groups is 2. The summed E-state index contributed by atoms with van der Waals surface area (Å²) in [6, 6.07) is 16.1. The first-order valence-corrected chi connectivity index (χ1v) is 9.59. The number of halogens is 1. The molecule has 5 nitrogen and oxygen atoms in total. The number of rotatable bonds is 5. The quantitative estimate of drug-likeness (QED) is 0.425. The number of hydrogen-bond donors (Lipinski definition) is 0. The molecule has 3 aromatic rings. The Labute approximate surface area is 178 Å². The molecule has 0 spiro atoms. The number of allylic oxidation sites excluding steroid dienone is 1. The van der Waals surface area contributed by atoms with Gasteiger partial charge in [-0.2, -0.15) is 0 Å². The first-order chi connectivity index (χ1) is 15.0. The summed E-state index contributed by atoms with van der Waals surface area (Å²) < 4.78 is 29.4. The minimum absolute atomic E-state index is 0.194. The molecule has 0 aliphatic carbocycles. The first kappa shape index (κ1) is 20.3. The molecule has 0 radical (unpaired) electrons. The average molecular weight is 418 g/mol. The molecule has 0 saturated carbocycles. The Morgan fingerprint density at radius 2 is 1.74 bits per heavy atom. The third-order valence-electron chi connectivity index (χ3n) is 4.97. The van der Waals surface area contributed by atoms with E-state index in [0.29, 0.717) is 33.8 Å². The molecule has 1 aliphatic rings. The topological polar surface area (TPSA) is 61.8 Å². The van der Waals surface area contributed by atoms with Crippen LogP contribution in [-0.4, -0.2) is 18.9 Å². The van der Waals surface area contributed by atoms with Gasteiger partial charge >= 0.3 is 5.97 Å². The Kier molecular flexibility index (Phi) is 5.54. The third-order valence-corrected chi connectivity index (χ3v) is 4.97. The van der Waals surface area contributed by atoms with Crippen molar-refractivity contribution in [1.29, 1.82) is 0 Å². The smallest absolute Gasteiger partial charge is 0.337 e. The van der Waals surface area contributed by atoms with E-state index in [2.05, 4.69) is 4.74 Å². The molecule has 0 unspecified atom stereocenters. The highest BCUT2D eigenvalue weighted by Crippen LogP contribution is 2.39. The van der Waals surface area contributed by atoms with E-state index < -0.39 is 5.97 Å². The van der Waals surface area contributed by atoms with Gasteiger partial charge in [0, 0.05) is 5.56 Å². The molecule has 6 heteroatoms. The zero-order chi connectivity index (χ0) is 22.0. The fourth-order valence-electron chi connectivity index (χ4n) is 3.25. The van der Waals surface area contributed by atoms with Gasteiger partial charge in [0.2, 0.25) is 5.78 Å². The Hall–Kier alpha value is -3.93. The molecular formula is C25H19FO5. The van der Waals surface area contributed by atoms with Crippen molar-refractivity contribution in [2.45, 2.75) is 13.5 Å². The molecular weight excluding hydrogens is 399 g/mol. The zero-order valence-corrected chi connectivity index (χ0v) is 17.0. The summed E-state index contributed by atoms with van der Waals surface area (Å²) >= 11 is 0. The van der Waals surface area contributed by atoms with E-state index in [9.17, 15) is 14.0 Å². The van der Waals surface area contributed by atoms with Crippen LogP contribution in [0.4, 0.5) is 4.39 Å². The van der Waals surface area contributed by atoms with Crippen molar-refractivity contribution in [3.63, 3.8) is 0 Å². The molecule has 31 heavy (non-hydrogen) atoms. The van der Waals surface area contributed by atoms with Gasteiger partial charge in [0.1, 0.15) is 23.9 Å². The molecule has 4 rings (SSSR count). The van der Waals surface area contributed by atoms with Crippen molar-refractivity contribution in [2.24, 2.45) is 0 Å². The second-order valence-corrected chi connectivity index (χ2v) is 7.03. The van der Waals surface area contributed by atoms with Crippen molar-refractivity contribution in [3.05, 3.63) is 100 Å². The predicted octanol–water partition coefficient (Wildman–Crippen LogP) is 5.12. The standard InChI is InChI=1S/C25H19FO5/c1-15-21(30-14-17-5-9-19(26)10-6-17)12-11-20-23(27)22(31-24(15)20)13-16-3-7-18(8-4-16)25(28)29-2/h3-13H,14H2,1-2H3/b22-13-. The summed E-state index contributed by atoms with van der Waals surface area (Å²) in [7, 11) is 1.32. The summed E-state index contributed by atoms with van der Waals surface area (Å²) in [6.07, 6.45) is 1.63. The van der Waals surface area contributed by atoms with Crippen LogP contribution in [0.2, 0.25) is 0 Å². The Bertz CT molecular complexity index is 1180. The Morgan fingerprint density at radius 3 is 2.42 bits per heavy atom. The van der Waals surface area contributed by atoms with Crippen LogP contribution in [0.1, 0.15) is 37.4 Å². The van der Waals surface area contributed by atoms with Crippen LogP contribution in [0.15, 0.2) is 66.4 Å². The lowest BCUT2D eigenvalue weighted by atomic mass is 10.1. The number of benzene rings is 3. The van der Waals surface area contributed by atoms with E-state index in [1.54, 1.807) is 54.6 Å². The van der Waals surface area contributed by atoms with Crippen molar-refractivity contribution >= 4 is 17.8 Å². The van der Waals surface area contributed by atoms with Crippen molar-refractivity contribution < 1.29 is 28.2 Å². The van der Waals surface area contributed by atoms with Gasteiger partial charge in [0.05, 0.1) is 18.2 Å². The number of hydrogen-bond acceptors (Lipinski definition) is 5. The first-order valence-electron chi connectivity index (χ1n) is 9.59. The molecule has 0 fully saturated rings. The lowest BCUT2D eigenvalue weighted by Crippen LogP contribution is -2.01. The van der Waals surface area contributed by atoms with Crippen LogP contribution in [0.3, 0.4) is 0 Å². The molecule has 0 saturated heterocycles. The van der Waals surface area contributed by atoms with Gasteiger partial charge in [-0.25, -0.2) is 9.18 Å². The van der Waals surface area contributed by atoms with E-state index in [-0.39, 0.29) is 24.0 Å². The summed E-state index contributed by atoms with van der Waals surface area (Å²) in [5, 5.41) is 0. The van der Waals surface area contributed by atoms with Gasteiger partial charge in [0.15, 0.2) is 5.76 Å². The highest BCUT2D eigenvalue weighted by atomic mass is 19.1. The maximum atomic E-state index is 13.1. The maximum absolute atomic E-state index is 13.1. The average Bonchev–Trinajstić information content (AvgIpc) is 3.10. The number of ketones is 1. The lowest BCUT2D eigenvalue weighted by molar-refractivity contribution is 0.0600.